The predicted octanol–water partition coefficient (Wildman–Crippen LogP) is 2.31. The molecule has 3 heterocycles. The summed E-state index contributed by atoms with van der Waals surface area (Å²) in [6.07, 6.45) is -1.87. The lowest BCUT2D eigenvalue weighted by molar-refractivity contribution is -0.146. The van der Waals surface area contributed by atoms with E-state index in [1.807, 2.05) is 19.9 Å². The zero-order valence-electron chi connectivity index (χ0n) is 23.5. The van der Waals surface area contributed by atoms with Crippen molar-refractivity contribution in [1.29, 1.82) is 5.26 Å². The van der Waals surface area contributed by atoms with E-state index in [4.69, 9.17) is 24.3 Å². The maximum absolute atomic E-state index is 13.9. The molecule has 0 bridgehead atoms. The Kier molecular flexibility index (Phi) is 9.83. The van der Waals surface area contributed by atoms with E-state index in [1.165, 1.54) is 23.8 Å². The van der Waals surface area contributed by atoms with E-state index in [-0.39, 0.29) is 29.8 Å². The molecule has 0 saturated carbocycles. The number of rotatable bonds is 13. The first kappa shape index (κ1) is 31.4. The fourth-order valence-corrected chi connectivity index (χ4v) is 6.07. The van der Waals surface area contributed by atoms with Crippen LogP contribution in [-0.2, 0) is 29.0 Å². The number of nitrogens with two attached hydrogens (primary N) is 1. The van der Waals surface area contributed by atoms with Gasteiger partial charge in [0.25, 0.3) is 0 Å². The average molecular weight is 609 g/mol. The molecule has 0 amide bonds. The molecular weight excluding hydrogens is 573 g/mol. The topological polar surface area (TPSA) is 204 Å². The fourth-order valence-electron chi connectivity index (χ4n) is 4.57. The van der Waals surface area contributed by atoms with Gasteiger partial charge >= 0.3 is 13.7 Å². The first-order valence-electron chi connectivity index (χ1n) is 13.5. The second kappa shape index (κ2) is 13.2. The van der Waals surface area contributed by atoms with Crippen LogP contribution in [0.3, 0.4) is 0 Å². The Hall–Kier alpha value is -3.57. The van der Waals surface area contributed by atoms with Crippen molar-refractivity contribution in [3.8, 4) is 11.8 Å². The van der Waals surface area contributed by atoms with Gasteiger partial charge in [-0.05, 0) is 37.1 Å². The number of nitriles is 1. The minimum absolute atomic E-state index is 0.0961. The van der Waals surface area contributed by atoms with Gasteiger partial charge in [0.15, 0.2) is 5.82 Å². The van der Waals surface area contributed by atoms with E-state index < -0.39 is 50.3 Å². The smallest absolute Gasteiger partial charge is 0.459 e. The Morgan fingerprint density at radius 1 is 1.26 bits per heavy atom. The van der Waals surface area contributed by atoms with Crippen LogP contribution in [0.15, 0.2) is 48.8 Å². The first-order valence-corrected chi connectivity index (χ1v) is 15.1. The van der Waals surface area contributed by atoms with Gasteiger partial charge in [-0.15, -0.1) is 0 Å². The number of aliphatic hydroxyl groups excluding tert-OH is 2. The molecule has 0 spiro atoms. The molecule has 1 aliphatic heterocycles. The number of anilines is 1. The largest absolute Gasteiger partial charge is 0.464 e. The number of nitrogens with zero attached hydrogens (tertiary/aromatic N) is 4. The van der Waals surface area contributed by atoms with Gasteiger partial charge in [0.05, 0.1) is 18.9 Å². The summed E-state index contributed by atoms with van der Waals surface area (Å²) in [6.45, 7) is 5.08. The number of aromatic nitrogens is 3. The molecule has 5 N–H and O–H groups in total. The number of esters is 1. The van der Waals surface area contributed by atoms with Crippen LogP contribution in [-0.4, -0.2) is 68.3 Å². The molecule has 226 valence electrons. The molecule has 3 aromatic rings. The Morgan fingerprint density at radius 2 is 1.98 bits per heavy atom. The minimum Gasteiger partial charge on any atom is -0.464 e. The van der Waals surface area contributed by atoms with Gasteiger partial charge in [-0.2, -0.15) is 15.4 Å². The average Bonchev–Trinajstić information content (AvgIpc) is 3.53. The molecule has 1 unspecified atom stereocenters. The number of carbonyl (C=O) groups excluding carboxylic acids is 1. The number of fused-ring (bicyclic) bond motifs is 1. The summed E-state index contributed by atoms with van der Waals surface area (Å²) in [5, 5.41) is 38.7. The normalized spacial score (nSPS) is 24.3. The molecule has 14 nitrogen and oxygen atoms in total. The highest BCUT2D eigenvalue weighted by molar-refractivity contribution is 7.52. The van der Waals surface area contributed by atoms with E-state index in [2.05, 4.69) is 15.2 Å². The van der Waals surface area contributed by atoms with E-state index >= 15 is 0 Å². The van der Waals surface area contributed by atoms with Crippen LogP contribution in [0.5, 0.6) is 5.75 Å². The highest BCUT2D eigenvalue weighted by Crippen LogP contribution is 2.47. The third-order valence-corrected chi connectivity index (χ3v) is 8.83. The number of ether oxygens (including phenoxy) is 2. The van der Waals surface area contributed by atoms with E-state index in [1.54, 1.807) is 36.4 Å². The van der Waals surface area contributed by atoms with Crippen LogP contribution < -0.4 is 15.3 Å². The molecule has 1 saturated heterocycles. The standard InChI is InChI=1S/C27H35N6O8P/c1-4-18(5-2)13-38-26(36)17(3)32-42(37,41-19-9-7-6-8-10-19)39-14-21-23(34)24(35)27(15-28,40-21)22-12-11-20-25(29)30-16-31-33(20)22/h6-12,16-18,21,23-24,34-35H,4-5,13-14H2,1-3H3,(H,32,37)(H2,29,30,31)/t17-,21+,23+,24+,27-,42?/m0/s1/i6+1,7+1,8+1,9+1,10+1,19+1. The number of nitrogen functional groups attached to an aromatic ring is 1. The molecule has 0 radical (unpaired) electrons. The van der Waals surface area contributed by atoms with Gasteiger partial charge in [-0.1, -0.05) is 44.9 Å². The molecule has 1 aliphatic rings. The van der Waals surface area contributed by atoms with Crippen molar-refractivity contribution in [2.24, 2.45) is 5.92 Å². The van der Waals surface area contributed by atoms with Crippen LogP contribution in [0.4, 0.5) is 5.82 Å². The summed E-state index contributed by atoms with van der Waals surface area (Å²) >= 11 is 0. The van der Waals surface area contributed by atoms with Crippen molar-refractivity contribution in [2.75, 3.05) is 18.9 Å². The molecule has 0 aliphatic carbocycles. The quantitative estimate of drug-likeness (QED) is 0.163. The minimum atomic E-state index is -4.32. The van der Waals surface area contributed by atoms with Gasteiger partial charge in [-0.25, -0.2) is 14.1 Å². The number of hydrogen-bond donors (Lipinski definition) is 4. The second-order valence-corrected chi connectivity index (χ2v) is 11.7. The van der Waals surface area contributed by atoms with Gasteiger partial charge in [0.2, 0.25) is 5.60 Å². The van der Waals surface area contributed by atoms with E-state index in [0.717, 1.165) is 12.8 Å². The summed E-state index contributed by atoms with van der Waals surface area (Å²) in [4.78, 5) is 16.6. The number of aliphatic hydroxyl groups is 2. The third kappa shape index (κ3) is 6.42. The zero-order chi connectivity index (χ0) is 30.5. The first-order chi connectivity index (χ1) is 20.1. The van der Waals surface area contributed by atoms with E-state index in [9.17, 15) is 24.8 Å². The summed E-state index contributed by atoms with van der Waals surface area (Å²) in [5.41, 5.74) is 4.28. The van der Waals surface area contributed by atoms with Gasteiger partial charge in [-0.3, -0.25) is 9.32 Å². The second-order valence-electron chi connectivity index (χ2n) is 9.96. The van der Waals surface area contributed by atoms with Gasteiger partial charge in [0.1, 0.15) is 48.0 Å². The fraction of sp³-hybridized carbons (Fsp3) is 0.481. The van der Waals surface area contributed by atoms with E-state index in [0.29, 0.717) is 5.52 Å². The van der Waals surface area contributed by atoms with Crippen LogP contribution in [0.2, 0.25) is 0 Å². The lowest BCUT2D eigenvalue weighted by Gasteiger charge is -2.25. The Balaban J connectivity index is 1.53. The SMILES string of the molecule is CCC(CC)COC(=O)[C@H](C)NP(=O)(OC[C@H]1O[C@@](C#N)(c2ccc3c(N)ncnn23)[C@H](O)[C@@H]1O)O[13c]1[13cH][13cH][13cH][13cH][13cH]1. The van der Waals surface area contributed by atoms with Crippen LogP contribution in [0.1, 0.15) is 39.3 Å². The Labute approximate surface area is 242 Å². The number of nitrogens with one attached hydrogen (secondary N) is 1. The number of benzene rings is 1. The van der Waals surface area contributed by atoms with Crippen molar-refractivity contribution < 1.29 is 38.1 Å². The Bertz CT molecular complexity index is 1460. The molecule has 6 atom stereocenters. The highest BCUT2D eigenvalue weighted by atomic mass is 31.2. The number of carbonyl (C=O) groups is 1. The molecule has 1 fully saturated rings. The summed E-state index contributed by atoms with van der Waals surface area (Å²) in [6, 6.07) is 12.0. The molecular formula is C27H35N6O8P. The zero-order valence-corrected chi connectivity index (χ0v) is 24.4. The van der Waals surface area contributed by atoms with Crippen molar-refractivity contribution in [3.63, 3.8) is 0 Å². The lowest BCUT2D eigenvalue weighted by Crippen LogP contribution is -2.41. The summed E-state index contributed by atoms with van der Waals surface area (Å²) < 4.78 is 37.8. The molecule has 15 heteroatoms. The van der Waals surface area contributed by atoms with Crippen molar-refractivity contribution in [2.45, 2.75) is 63.6 Å². The van der Waals surface area contributed by atoms with Crippen molar-refractivity contribution in [1.82, 2.24) is 19.7 Å². The number of hydrogen-bond acceptors (Lipinski definition) is 12. The molecule has 1 aromatic carbocycles. The molecule has 2 aromatic heterocycles. The molecule has 42 heavy (non-hydrogen) atoms. The highest BCUT2D eigenvalue weighted by Gasteiger charge is 2.58. The Morgan fingerprint density at radius 3 is 2.64 bits per heavy atom. The van der Waals surface area contributed by atoms with Gasteiger partial charge in [0, 0.05) is 0 Å². The lowest BCUT2D eigenvalue weighted by atomic mass is 9.92. The monoisotopic (exact) mass is 608 g/mol. The molecule has 4 rings (SSSR count). The number of para-hydroxylation sites is 1. The summed E-state index contributed by atoms with van der Waals surface area (Å²) in [7, 11) is -4.32. The maximum Gasteiger partial charge on any atom is 0.459 e. The van der Waals surface area contributed by atoms with Crippen LogP contribution in [0, 0.1) is 17.2 Å². The summed E-state index contributed by atoms with van der Waals surface area (Å²) in [5.74, 6) is -0.143. The third-order valence-electron chi connectivity index (χ3n) is 7.19. The van der Waals surface area contributed by atoms with Crippen LogP contribution in [0.25, 0.3) is 5.52 Å². The van der Waals surface area contributed by atoms with Crippen molar-refractivity contribution >= 4 is 25.1 Å². The van der Waals surface area contributed by atoms with Gasteiger partial charge < -0.3 is 29.9 Å². The van der Waals surface area contributed by atoms with Crippen molar-refractivity contribution in [3.05, 3.63) is 54.5 Å². The van der Waals surface area contributed by atoms with Crippen LogP contribution >= 0.6 is 7.75 Å². The predicted molar refractivity (Wildman–Crippen MR) is 150 cm³/mol. The maximum atomic E-state index is 13.9.